The van der Waals surface area contributed by atoms with Crippen LogP contribution in [0.25, 0.3) is 44.2 Å². The van der Waals surface area contributed by atoms with Crippen molar-refractivity contribution in [2.24, 2.45) is 0 Å². The van der Waals surface area contributed by atoms with E-state index in [0.717, 1.165) is 44.9 Å². The van der Waals surface area contributed by atoms with Crippen LogP contribution in [0.2, 0.25) is 0 Å². The Morgan fingerprint density at radius 2 is 1.08 bits per heavy atom. The van der Waals surface area contributed by atoms with Gasteiger partial charge in [0.15, 0.2) is 0 Å². The maximum atomic E-state index is 6.36. The van der Waals surface area contributed by atoms with Gasteiger partial charge in [0, 0.05) is 22.3 Å². The number of para-hydroxylation sites is 2. The van der Waals surface area contributed by atoms with E-state index in [1.807, 2.05) is 12.1 Å². The second-order valence-electron chi connectivity index (χ2n) is 14.0. The number of rotatable bonds is 7. The second-order valence-corrected chi connectivity index (χ2v) is 14.0. The molecular weight excluding hydrogens is 587 g/mol. The summed E-state index contributed by atoms with van der Waals surface area (Å²) in [4.78, 5) is 0. The molecule has 1 aliphatic heterocycles. The molecule has 1 fully saturated rings. The highest BCUT2D eigenvalue weighted by atomic mass is 16.7. The van der Waals surface area contributed by atoms with Gasteiger partial charge in [0.1, 0.15) is 11.2 Å². The first-order valence-corrected chi connectivity index (χ1v) is 16.9. The quantitative estimate of drug-likeness (QED) is 0.165. The zero-order valence-electron chi connectivity index (χ0n) is 27.9. The molecule has 1 aliphatic rings. The van der Waals surface area contributed by atoms with Crippen LogP contribution in [0.1, 0.15) is 50.3 Å². The summed E-state index contributed by atoms with van der Waals surface area (Å²) in [6.07, 6.45) is 0.868. The van der Waals surface area contributed by atoms with Crippen molar-refractivity contribution >= 4 is 34.5 Å². The van der Waals surface area contributed by atoms with Crippen molar-refractivity contribution < 1.29 is 13.7 Å². The molecule has 1 unspecified atom stereocenters. The smallest absolute Gasteiger partial charge is 0.455 e. The first-order valence-electron chi connectivity index (χ1n) is 16.9. The van der Waals surface area contributed by atoms with Crippen LogP contribution < -0.4 is 5.46 Å². The minimum atomic E-state index is -0.367. The third-order valence-corrected chi connectivity index (χ3v) is 10.4. The molecule has 3 nitrogen and oxygen atoms in total. The summed E-state index contributed by atoms with van der Waals surface area (Å²) in [5.41, 5.74) is 10.7. The van der Waals surface area contributed by atoms with Gasteiger partial charge < -0.3 is 13.7 Å². The largest absolute Gasteiger partial charge is 0.494 e. The van der Waals surface area contributed by atoms with Crippen LogP contribution in [0.15, 0.2) is 150 Å². The predicted molar refractivity (Wildman–Crippen MR) is 199 cm³/mol. The fourth-order valence-electron chi connectivity index (χ4n) is 6.86. The second kappa shape index (κ2) is 12.0. The molecule has 4 heteroatoms. The highest BCUT2D eigenvalue weighted by Crippen LogP contribution is 2.38. The first-order chi connectivity index (χ1) is 23.3. The predicted octanol–water partition coefficient (Wildman–Crippen LogP) is 10.6. The fraction of sp³-hybridized carbons (Fsp3) is 0.182. The van der Waals surface area contributed by atoms with E-state index in [2.05, 4.69) is 161 Å². The molecule has 7 aromatic rings. The molecule has 0 aliphatic carbocycles. The average Bonchev–Trinajstić information content (AvgIpc) is 3.60. The third-order valence-electron chi connectivity index (χ3n) is 10.4. The monoisotopic (exact) mass is 626 g/mol. The molecule has 0 radical (unpaired) electrons. The lowest BCUT2D eigenvalue weighted by Crippen LogP contribution is -2.41. The van der Waals surface area contributed by atoms with Crippen LogP contribution in [-0.2, 0) is 15.7 Å². The van der Waals surface area contributed by atoms with Gasteiger partial charge in [0.25, 0.3) is 0 Å². The van der Waals surface area contributed by atoms with Crippen LogP contribution in [0.5, 0.6) is 0 Å². The summed E-state index contributed by atoms with van der Waals surface area (Å²) in [6.45, 7) is 8.38. The lowest BCUT2D eigenvalue weighted by Gasteiger charge is -2.32. The summed E-state index contributed by atoms with van der Waals surface area (Å²) in [6, 6.07) is 52.1. The zero-order valence-corrected chi connectivity index (χ0v) is 27.9. The van der Waals surface area contributed by atoms with E-state index in [1.165, 1.54) is 27.8 Å². The van der Waals surface area contributed by atoms with Crippen LogP contribution >= 0.6 is 0 Å². The molecule has 6 aromatic carbocycles. The van der Waals surface area contributed by atoms with Gasteiger partial charge in [-0.15, -0.1) is 0 Å². The topological polar surface area (TPSA) is 31.6 Å². The maximum Gasteiger partial charge on any atom is 0.494 e. The normalized spacial score (nSPS) is 16.0. The molecule has 1 atom stereocenters. The van der Waals surface area contributed by atoms with Gasteiger partial charge in [0.2, 0.25) is 0 Å². The van der Waals surface area contributed by atoms with Crippen LogP contribution in [0, 0.1) is 0 Å². The third kappa shape index (κ3) is 5.55. The van der Waals surface area contributed by atoms with E-state index in [9.17, 15) is 0 Å². The maximum absolute atomic E-state index is 6.36. The molecular formula is C44H39BO3. The SMILES string of the molecule is CC1(C)OB(c2ccc(CC(c3ccc(-c4ccccc4)cc3)c3ccc(-c4cccc5c4oc4ccccc45)cc3)cc2)OC1(C)C. The summed E-state index contributed by atoms with van der Waals surface area (Å²) in [5.74, 6) is 0.175. The fourth-order valence-corrected chi connectivity index (χ4v) is 6.86. The molecule has 236 valence electrons. The summed E-state index contributed by atoms with van der Waals surface area (Å²) >= 11 is 0. The lowest BCUT2D eigenvalue weighted by molar-refractivity contribution is 0.00578. The Balaban J connectivity index is 1.12. The molecule has 1 aromatic heterocycles. The van der Waals surface area contributed by atoms with Gasteiger partial charge in [-0.05, 0) is 79.0 Å². The molecule has 8 rings (SSSR count). The summed E-state index contributed by atoms with van der Waals surface area (Å²) < 4.78 is 19.0. The van der Waals surface area contributed by atoms with Crippen LogP contribution in [0.3, 0.4) is 0 Å². The van der Waals surface area contributed by atoms with Gasteiger partial charge in [0.05, 0.1) is 11.2 Å². The van der Waals surface area contributed by atoms with E-state index >= 15 is 0 Å². The van der Waals surface area contributed by atoms with Crippen LogP contribution in [-0.4, -0.2) is 18.3 Å². The van der Waals surface area contributed by atoms with E-state index in [4.69, 9.17) is 13.7 Å². The molecule has 0 N–H and O–H groups in total. The van der Waals surface area contributed by atoms with Crippen molar-refractivity contribution in [3.8, 4) is 22.3 Å². The zero-order chi connectivity index (χ0) is 32.9. The van der Waals surface area contributed by atoms with E-state index in [1.54, 1.807) is 0 Å². The van der Waals surface area contributed by atoms with Gasteiger partial charge in [-0.3, -0.25) is 0 Å². The van der Waals surface area contributed by atoms with Gasteiger partial charge in [-0.25, -0.2) is 0 Å². The minimum Gasteiger partial charge on any atom is -0.455 e. The number of fused-ring (bicyclic) bond motifs is 3. The number of benzene rings is 6. The Bertz CT molecular complexity index is 2180. The van der Waals surface area contributed by atoms with Gasteiger partial charge in [-0.2, -0.15) is 0 Å². The lowest BCUT2D eigenvalue weighted by atomic mass is 9.78. The molecule has 48 heavy (non-hydrogen) atoms. The Labute approximate surface area is 283 Å². The summed E-state index contributed by atoms with van der Waals surface area (Å²) in [7, 11) is -0.367. The average molecular weight is 627 g/mol. The van der Waals surface area contributed by atoms with Crippen molar-refractivity contribution in [3.05, 3.63) is 162 Å². The van der Waals surface area contributed by atoms with Crippen molar-refractivity contribution in [1.82, 2.24) is 0 Å². The van der Waals surface area contributed by atoms with Gasteiger partial charge >= 0.3 is 7.12 Å². The van der Waals surface area contributed by atoms with E-state index in [0.29, 0.717) is 0 Å². The minimum absolute atomic E-state index is 0.175. The van der Waals surface area contributed by atoms with Gasteiger partial charge in [-0.1, -0.05) is 140 Å². The standard InChI is InChI=1S/C44H39BO3/c1-43(2)44(3,4)48-45(47-43)36-27-17-30(18-28-36)29-40(34-21-19-32(20-22-34)31-11-6-5-7-12-31)35-25-23-33(24-26-35)37-14-10-15-39-38-13-8-9-16-41(38)46-42(37)39/h5-28,40H,29H2,1-4H3. The number of furan rings is 1. The molecule has 0 saturated carbocycles. The molecule has 0 bridgehead atoms. The highest BCUT2D eigenvalue weighted by molar-refractivity contribution is 6.62. The van der Waals surface area contributed by atoms with E-state index in [-0.39, 0.29) is 24.2 Å². The number of hydrogen-bond acceptors (Lipinski definition) is 3. The molecule has 0 spiro atoms. The van der Waals surface area contributed by atoms with Crippen LogP contribution in [0.4, 0.5) is 0 Å². The first kappa shape index (κ1) is 30.4. The highest BCUT2D eigenvalue weighted by Gasteiger charge is 2.51. The van der Waals surface area contributed by atoms with E-state index < -0.39 is 0 Å². The van der Waals surface area contributed by atoms with Crippen molar-refractivity contribution in [3.63, 3.8) is 0 Å². The van der Waals surface area contributed by atoms with Crippen molar-refractivity contribution in [1.29, 1.82) is 0 Å². The molecule has 2 heterocycles. The Morgan fingerprint density at radius 1 is 0.521 bits per heavy atom. The van der Waals surface area contributed by atoms with Crippen molar-refractivity contribution in [2.75, 3.05) is 0 Å². The summed E-state index contributed by atoms with van der Waals surface area (Å²) in [5, 5.41) is 2.29. The Kier molecular flexibility index (Phi) is 7.59. The van der Waals surface area contributed by atoms with Crippen molar-refractivity contribution in [2.45, 2.75) is 51.2 Å². The molecule has 0 amide bonds. The Morgan fingerprint density at radius 3 is 1.75 bits per heavy atom. The molecule has 1 saturated heterocycles. The number of hydrogen-bond donors (Lipinski definition) is 0. The Hall–Kier alpha value is -4.90.